The van der Waals surface area contributed by atoms with E-state index in [-0.39, 0.29) is 23.8 Å². The number of aliphatic hydroxyl groups is 1. The summed E-state index contributed by atoms with van der Waals surface area (Å²) >= 11 is 0. The largest absolute Gasteiger partial charge is 0.494 e. The van der Waals surface area contributed by atoms with E-state index in [0.717, 1.165) is 12.1 Å². The molecule has 0 atom stereocenters. The van der Waals surface area contributed by atoms with Crippen molar-refractivity contribution in [3.8, 4) is 5.75 Å². The molecule has 0 bridgehead atoms. The molecule has 1 amide bonds. The minimum absolute atomic E-state index is 0.000281. The Kier molecular flexibility index (Phi) is 4.29. The van der Waals surface area contributed by atoms with E-state index in [2.05, 4.69) is 5.10 Å². The van der Waals surface area contributed by atoms with Crippen molar-refractivity contribution in [2.75, 3.05) is 13.7 Å². The van der Waals surface area contributed by atoms with Crippen LogP contribution in [0.2, 0.25) is 0 Å². The fraction of sp³-hybridized carbons (Fsp3) is 0.375. The molecule has 1 aliphatic heterocycles. The molecule has 1 N–H and O–H groups in total. The summed E-state index contributed by atoms with van der Waals surface area (Å²) in [6.45, 7) is 1.38. The number of rotatable bonds is 3. The van der Waals surface area contributed by atoms with Gasteiger partial charge in [0.1, 0.15) is 0 Å². The van der Waals surface area contributed by atoms with Crippen molar-refractivity contribution in [2.45, 2.75) is 26.1 Å². The standard InChI is InChI=1S/C16H18FN3O3/c1-23-14-5-2-4-13(15(14)17)16(22)19-6-3-7-20-12(9-19)8-11(10-21)18-20/h2,4-5,8,21H,3,6-7,9-10H2,1H3. The minimum atomic E-state index is -0.645. The highest BCUT2D eigenvalue weighted by molar-refractivity contribution is 5.95. The zero-order valence-corrected chi connectivity index (χ0v) is 12.8. The van der Waals surface area contributed by atoms with E-state index in [0.29, 0.717) is 25.3 Å². The fourth-order valence-corrected chi connectivity index (χ4v) is 2.78. The lowest BCUT2D eigenvalue weighted by molar-refractivity contribution is 0.0740. The van der Waals surface area contributed by atoms with Gasteiger partial charge in [-0.05, 0) is 24.6 Å². The molecule has 23 heavy (non-hydrogen) atoms. The maximum Gasteiger partial charge on any atom is 0.257 e. The summed E-state index contributed by atoms with van der Waals surface area (Å²) in [6.07, 6.45) is 0.719. The molecule has 7 heteroatoms. The van der Waals surface area contributed by atoms with Crippen LogP contribution < -0.4 is 4.74 Å². The lowest BCUT2D eigenvalue weighted by Crippen LogP contribution is -2.31. The highest BCUT2D eigenvalue weighted by Crippen LogP contribution is 2.23. The number of nitrogens with zero attached hydrogens (tertiary/aromatic N) is 3. The highest BCUT2D eigenvalue weighted by atomic mass is 19.1. The number of carbonyl (C=O) groups is 1. The molecule has 1 aromatic carbocycles. The average Bonchev–Trinajstić information content (AvgIpc) is 2.85. The molecule has 2 aromatic rings. The van der Waals surface area contributed by atoms with Gasteiger partial charge in [-0.3, -0.25) is 9.48 Å². The Morgan fingerprint density at radius 1 is 1.43 bits per heavy atom. The van der Waals surface area contributed by atoms with E-state index in [1.165, 1.54) is 19.2 Å². The van der Waals surface area contributed by atoms with Crippen molar-refractivity contribution in [3.63, 3.8) is 0 Å². The number of amides is 1. The van der Waals surface area contributed by atoms with Crippen LogP contribution in [0.5, 0.6) is 5.75 Å². The molecule has 3 rings (SSSR count). The summed E-state index contributed by atoms with van der Waals surface area (Å²) in [6, 6.07) is 6.31. The molecule has 0 radical (unpaired) electrons. The van der Waals surface area contributed by atoms with Gasteiger partial charge in [0.15, 0.2) is 11.6 Å². The molecular weight excluding hydrogens is 301 g/mol. The van der Waals surface area contributed by atoms with E-state index in [1.807, 2.05) is 0 Å². The number of aliphatic hydroxyl groups excluding tert-OH is 1. The van der Waals surface area contributed by atoms with Crippen molar-refractivity contribution >= 4 is 5.91 Å². The summed E-state index contributed by atoms with van der Waals surface area (Å²) < 4.78 is 21.0. The first-order valence-corrected chi connectivity index (χ1v) is 7.42. The maximum atomic E-state index is 14.3. The smallest absolute Gasteiger partial charge is 0.257 e. The minimum Gasteiger partial charge on any atom is -0.494 e. The Balaban J connectivity index is 1.88. The average molecular weight is 319 g/mol. The van der Waals surface area contributed by atoms with Crippen molar-refractivity contribution in [3.05, 3.63) is 47.0 Å². The summed E-state index contributed by atoms with van der Waals surface area (Å²) in [5.74, 6) is -0.964. The second kappa shape index (κ2) is 6.37. The summed E-state index contributed by atoms with van der Waals surface area (Å²) in [5.41, 5.74) is 1.41. The van der Waals surface area contributed by atoms with Crippen molar-refractivity contribution in [2.24, 2.45) is 0 Å². The number of halogens is 1. The van der Waals surface area contributed by atoms with Gasteiger partial charge in [0.25, 0.3) is 5.91 Å². The van der Waals surface area contributed by atoms with Crippen molar-refractivity contribution < 1.29 is 19.0 Å². The zero-order chi connectivity index (χ0) is 16.4. The molecule has 6 nitrogen and oxygen atoms in total. The van der Waals surface area contributed by atoms with Crippen LogP contribution in [0, 0.1) is 5.82 Å². The topological polar surface area (TPSA) is 67.6 Å². The third-order valence-corrected chi connectivity index (χ3v) is 3.93. The number of aryl methyl sites for hydroxylation is 1. The Labute approximate surface area is 133 Å². The Hall–Kier alpha value is -2.41. The zero-order valence-electron chi connectivity index (χ0n) is 12.8. The van der Waals surface area contributed by atoms with Crippen LogP contribution in [0.15, 0.2) is 24.3 Å². The summed E-state index contributed by atoms with van der Waals surface area (Å²) in [4.78, 5) is 14.3. The van der Waals surface area contributed by atoms with E-state index in [9.17, 15) is 14.3 Å². The lowest BCUT2D eigenvalue weighted by Gasteiger charge is -2.20. The number of ether oxygens (including phenoxy) is 1. The quantitative estimate of drug-likeness (QED) is 0.932. The van der Waals surface area contributed by atoms with Gasteiger partial charge in [-0.1, -0.05) is 6.07 Å². The van der Waals surface area contributed by atoms with Crippen LogP contribution >= 0.6 is 0 Å². The molecule has 1 aromatic heterocycles. The van der Waals surface area contributed by atoms with Gasteiger partial charge in [0.2, 0.25) is 0 Å². The first-order valence-electron chi connectivity index (χ1n) is 7.42. The van der Waals surface area contributed by atoms with Crippen LogP contribution in [-0.4, -0.2) is 39.3 Å². The van der Waals surface area contributed by atoms with Gasteiger partial charge in [0, 0.05) is 13.1 Å². The van der Waals surface area contributed by atoms with Crippen LogP contribution in [0.3, 0.4) is 0 Å². The van der Waals surface area contributed by atoms with E-state index in [4.69, 9.17) is 4.74 Å². The molecule has 0 fully saturated rings. The Morgan fingerprint density at radius 3 is 3.00 bits per heavy atom. The second-order valence-electron chi connectivity index (χ2n) is 5.41. The van der Waals surface area contributed by atoms with E-state index < -0.39 is 5.82 Å². The molecule has 0 saturated carbocycles. The maximum absolute atomic E-state index is 14.3. The first-order chi connectivity index (χ1) is 11.1. The predicted octanol–water partition coefficient (Wildman–Crippen LogP) is 1.57. The molecule has 0 saturated heterocycles. The fourth-order valence-electron chi connectivity index (χ4n) is 2.78. The van der Waals surface area contributed by atoms with Crippen LogP contribution in [0.25, 0.3) is 0 Å². The van der Waals surface area contributed by atoms with Gasteiger partial charge in [-0.2, -0.15) is 5.10 Å². The van der Waals surface area contributed by atoms with Crippen LogP contribution in [0.1, 0.15) is 28.2 Å². The number of aromatic nitrogens is 2. The van der Waals surface area contributed by atoms with E-state index in [1.54, 1.807) is 21.7 Å². The number of methoxy groups -OCH3 is 1. The Morgan fingerprint density at radius 2 is 2.26 bits per heavy atom. The molecule has 0 spiro atoms. The van der Waals surface area contributed by atoms with E-state index >= 15 is 0 Å². The first kappa shape index (κ1) is 15.5. The number of carbonyl (C=O) groups excluding carboxylic acids is 1. The molecule has 0 unspecified atom stereocenters. The number of hydrogen-bond acceptors (Lipinski definition) is 4. The van der Waals surface area contributed by atoms with Crippen molar-refractivity contribution in [1.82, 2.24) is 14.7 Å². The normalized spacial score (nSPS) is 14.3. The molecular formula is C16H18FN3O3. The molecule has 122 valence electrons. The summed E-state index contributed by atoms with van der Waals surface area (Å²) in [7, 11) is 1.37. The Bertz CT molecular complexity index is 729. The van der Waals surface area contributed by atoms with Crippen LogP contribution in [-0.2, 0) is 19.7 Å². The third kappa shape index (κ3) is 2.92. The SMILES string of the molecule is COc1cccc(C(=O)N2CCCn3nc(CO)cc3C2)c1F. The molecule has 2 heterocycles. The summed E-state index contributed by atoms with van der Waals surface area (Å²) in [5, 5.41) is 13.5. The lowest BCUT2D eigenvalue weighted by atomic mass is 10.1. The molecule has 1 aliphatic rings. The third-order valence-electron chi connectivity index (χ3n) is 3.93. The van der Waals surface area contributed by atoms with Crippen molar-refractivity contribution in [1.29, 1.82) is 0 Å². The van der Waals surface area contributed by atoms with Gasteiger partial charge < -0.3 is 14.7 Å². The highest BCUT2D eigenvalue weighted by Gasteiger charge is 2.24. The van der Waals surface area contributed by atoms with Gasteiger partial charge in [0.05, 0.1) is 37.2 Å². The number of benzene rings is 1. The van der Waals surface area contributed by atoms with Gasteiger partial charge >= 0.3 is 0 Å². The van der Waals surface area contributed by atoms with Gasteiger partial charge in [-0.15, -0.1) is 0 Å². The number of hydrogen-bond donors (Lipinski definition) is 1. The van der Waals surface area contributed by atoms with Gasteiger partial charge in [-0.25, -0.2) is 4.39 Å². The second-order valence-corrected chi connectivity index (χ2v) is 5.41. The monoisotopic (exact) mass is 319 g/mol. The van der Waals surface area contributed by atoms with Crippen LogP contribution in [0.4, 0.5) is 4.39 Å². The predicted molar refractivity (Wildman–Crippen MR) is 80.5 cm³/mol. The number of fused-ring (bicyclic) bond motifs is 1. The molecule has 0 aliphatic carbocycles.